The van der Waals surface area contributed by atoms with Gasteiger partial charge in [-0.3, -0.25) is 0 Å². The second-order valence-electron chi connectivity index (χ2n) is 5.31. The molecular weight excluding hydrogens is 222 g/mol. The number of allylic oxidation sites excluding steroid dienone is 1. The molecule has 96 valence electrons. The molecule has 0 bridgehead atoms. The van der Waals surface area contributed by atoms with Crippen LogP contribution in [-0.4, -0.2) is 24.6 Å². The summed E-state index contributed by atoms with van der Waals surface area (Å²) in [6.07, 6.45) is 9.07. The number of rotatable bonds is 2. The maximum absolute atomic E-state index is 5.21. The van der Waals surface area contributed by atoms with Crippen molar-refractivity contribution >= 4 is 5.57 Å². The maximum Gasteiger partial charge on any atom is 0.118 e. The fraction of sp³-hybridized carbons (Fsp3) is 0.500. The van der Waals surface area contributed by atoms with Gasteiger partial charge >= 0.3 is 0 Å². The number of fused-ring (bicyclic) bond motifs is 1. The molecule has 0 N–H and O–H groups in total. The first-order valence-corrected chi connectivity index (χ1v) is 6.98. The zero-order valence-corrected chi connectivity index (χ0v) is 11.1. The van der Waals surface area contributed by atoms with E-state index < -0.39 is 0 Å². The third-order valence-corrected chi connectivity index (χ3v) is 4.20. The van der Waals surface area contributed by atoms with Crippen LogP contribution in [0.3, 0.4) is 0 Å². The number of hydrogen-bond donors (Lipinski definition) is 0. The summed E-state index contributed by atoms with van der Waals surface area (Å²) < 4.78 is 5.21. The quantitative estimate of drug-likeness (QED) is 0.785. The number of benzene rings is 1. The van der Waals surface area contributed by atoms with Gasteiger partial charge < -0.3 is 9.64 Å². The van der Waals surface area contributed by atoms with E-state index in [9.17, 15) is 0 Å². The van der Waals surface area contributed by atoms with Crippen LogP contribution >= 0.6 is 0 Å². The molecule has 0 amide bonds. The molecule has 1 aromatic carbocycles. The largest absolute Gasteiger partial charge is 0.497 e. The first kappa shape index (κ1) is 11.6. The standard InChI is InChI=1S/C16H21NO/c1-18-16-9-6-13(7-10-16)14-5-8-15-4-2-3-11-17(15)12-14/h6-7,9-10,12,15H,2-5,8,11H2,1H3/t15-/m1/s1. The van der Waals surface area contributed by atoms with Gasteiger partial charge in [-0.15, -0.1) is 0 Å². The van der Waals surface area contributed by atoms with Crippen LogP contribution in [0.1, 0.15) is 37.7 Å². The van der Waals surface area contributed by atoms with E-state index in [1.54, 1.807) is 7.11 Å². The summed E-state index contributed by atoms with van der Waals surface area (Å²) in [5.74, 6) is 0.936. The predicted molar refractivity (Wildman–Crippen MR) is 74.6 cm³/mol. The Kier molecular flexibility index (Phi) is 3.26. The van der Waals surface area contributed by atoms with Crippen molar-refractivity contribution in [3.63, 3.8) is 0 Å². The number of ether oxygens (including phenoxy) is 1. The van der Waals surface area contributed by atoms with Gasteiger partial charge in [0, 0.05) is 18.8 Å². The second-order valence-corrected chi connectivity index (χ2v) is 5.31. The van der Waals surface area contributed by atoms with Gasteiger partial charge in [-0.25, -0.2) is 0 Å². The van der Waals surface area contributed by atoms with Crippen molar-refractivity contribution < 1.29 is 4.74 Å². The van der Waals surface area contributed by atoms with Crippen molar-refractivity contribution in [1.82, 2.24) is 4.90 Å². The molecule has 1 saturated heterocycles. The third-order valence-electron chi connectivity index (χ3n) is 4.20. The van der Waals surface area contributed by atoms with Crippen LogP contribution in [-0.2, 0) is 0 Å². The van der Waals surface area contributed by atoms with Crippen molar-refractivity contribution in [3.05, 3.63) is 36.0 Å². The smallest absolute Gasteiger partial charge is 0.118 e. The molecular formula is C16H21NO. The summed E-state index contributed by atoms with van der Waals surface area (Å²) in [5, 5.41) is 0. The highest BCUT2D eigenvalue weighted by Gasteiger charge is 2.24. The molecule has 2 aliphatic heterocycles. The number of methoxy groups -OCH3 is 1. The molecule has 0 saturated carbocycles. The minimum Gasteiger partial charge on any atom is -0.497 e. The molecule has 2 heteroatoms. The van der Waals surface area contributed by atoms with Gasteiger partial charge in [0.1, 0.15) is 5.75 Å². The predicted octanol–water partition coefficient (Wildman–Crippen LogP) is 3.68. The summed E-state index contributed by atoms with van der Waals surface area (Å²) >= 11 is 0. The van der Waals surface area contributed by atoms with Crippen molar-refractivity contribution in [1.29, 1.82) is 0 Å². The molecule has 0 aliphatic carbocycles. The lowest BCUT2D eigenvalue weighted by Crippen LogP contribution is -2.37. The highest BCUT2D eigenvalue weighted by molar-refractivity contribution is 5.66. The lowest BCUT2D eigenvalue weighted by atomic mass is 9.90. The molecule has 2 heterocycles. The highest BCUT2D eigenvalue weighted by atomic mass is 16.5. The van der Waals surface area contributed by atoms with Crippen LogP contribution in [0.15, 0.2) is 30.5 Å². The molecule has 0 aromatic heterocycles. The molecule has 3 rings (SSSR count). The fourth-order valence-corrected chi connectivity index (χ4v) is 3.11. The van der Waals surface area contributed by atoms with Crippen LogP contribution in [0.5, 0.6) is 5.75 Å². The van der Waals surface area contributed by atoms with Gasteiger partial charge in [0.2, 0.25) is 0 Å². The van der Waals surface area contributed by atoms with E-state index in [2.05, 4.69) is 35.4 Å². The Balaban J connectivity index is 1.80. The van der Waals surface area contributed by atoms with Crippen molar-refractivity contribution in [2.45, 2.75) is 38.1 Å². The van der Waals surface area contributed by atoms with Crippen molar-refractivity contribution in [3.8, 4) is 5.75 Å². The fourth-order valence-electron chi connectivity index (χ4n) is 3.11. The Morgan fingerprint density at radius 3 is 2.72 bits per heavy atom. The molecule has 0 radical (unpaired) electrons. The monoisotopic (exact) mass is 243 g/mol. The third kappa shape index (κ3) is 2.24. The average Bonchev–Trinajstić information content (AvgIpc) is 2.47. The lowest BCUT2D eigenvalue weighted by Gasteiger charge is -2.39. The lowest BCUT2D eigenvalue weighted by molar-refractivity contribution is 0.196. The van der Waals surface area contributed by atoms with E-state index in [1.807, 2.05) is 0 Å². The topological polar surface area (TPSA) is 12.5 Å². The Labute approximate surface area is 109 Å². The summed E-state index contributed by atoms with van der Waals surface area (Å²) in [4.78, 5) is 2.56. The zero-order chi connectivity index (χ0) is 12.4. The Bertz CT molecular complexity index is 435. The normalized spacial score (nSPS) is 23.3. The molecule has 2 aliphatic rings. The van der Waals surface area contributed by atoms with E-state index in [0.29, 0.717) is 0 Å². The van der Waals surface area contributed by atoms with Crippen molar-refractivity contribution in [2.24, 2.45) is 0 Å². The highest BCUT2D eigenvalue weighted by Crippen LogP contribution is 2.33. The van der Waals surface area contributed by atoms with Gasteiger partial charge in [0.15, 0.2) is 0 Å². The molecule has 2 nitrogen and oxygen atoms in total. The number of hydrogen-bond acceptors (Lipinski definition) is 2. The van der Waals surface area contributed by atoms with Crippen LogP contribution in [0, 0.1) is 0 Å². The summed E-state index contributed by atoms with van der Waals surface area (Å²) in [5.41, 5.74) is 2.83. The minimum atomic E-state index is 0.806. The second kappa shape index (κ2) is 5.05. The van der Waals surface area contributed by atoms with E-state index in [0.717, 1.165) is 11.8 Å². The van der Waals surface area contributed by atoms with Gasteiger partial charge in [-0.1, -0.05) is 12.1 Å². The SMILES string of the molecule is COc1ccc(C2=CN3CCCC[C@@H]3CC2)cc1. The Morgan fingerprint density at radius 2 is 1.94 bits per heavy atom. The van der Waals surface area contributed by atoms with Crippen LogP contribution < -0.4 is 4.74 Å². The van der Waals surface area contributed by atoms with E-state index in [1.165, 1.54) is 49.8 Å². The van der Waals surface area contributed by atoms with Crippen molar-refractivity contribution in [2.75, 3.05) is 13.7 Å². The van der Waals surface area contributed by atoms with Crippen LogP contribution in [0.25, 0.3) is 5.57 Å². The Morgan fingerprint density at radius 1 is 1.11 bits per heavy atom. The van der Waals surface area contributed by atoms with E-state index in [-0.39, 0.29) is 0 Å². The molecule has 0 spiro atoms. The van der Waals surface area contributed by atoms with Gasteiger partial charge in [0.25, 0.3) is 0 Å². The van der Waals surface area contributed by atoms with Crippen LogP contribution in [0.2, 0.25) is 0 Å². The first-order chi connectivity index (χ1) is 8.86. The molecule has 1 fully saturated rings. The minimum absolute atomic E-state index is 0.806. The summed E-state index contributed by atoms with van der Waals surface area (Å²) in [6, 6.07) is 9.27. The molecule has 18 heavy (non-hydrogen) atoms. The molecule has 1 atom stereocenters. The number of nitrogens with zero attached hydrogens (tertiary/aromatic N) is 1. The van der Waals surface area contributed by atoms with Gasteiger partial charge in [0.05, 0.1) is 7.11 Å². The first-order valence-electron chi connectivity index (χ1n) is 6.98. The van der Waals surface area contributed by atoms with E-state index >= 15 is 0 Å². The zero-order valence-electron chi connectivity index (χ0n) is 11.1. The van der Waals surface area contributed by atoms with Gasteiger partial charge in [-0.2, -0.15) is 0 Å². The Hall–Kier alpha value is -1.44. The summed E-state index contributed by atoms with van der Waals surface area (Å²) in [6.45, 7) is 1.24. The maximum atomic E-state index is 5.21. The number of piperidine rings is 1. The van der Waals surface area contributed by atoms with Gasteiger partial charge in [-0.05, 0) is 55.4 Å². The van der Waals surface area contributed by atoms with E-state index in [4.69, 9.17) is 4.74 Å². The summed E-state index contributed by atoms with van der Waals surface area (Å²) in [7, 11) is 1.72. The van der Waals surface area contributed by atoms with Crippen LogP contribution in [0.4, 0.5) is 0 Å². The molecule has 1 aromatic rings. The average molecular weight is 243 g/mol. The molecule has 0 unspecified atom stereocenters.